The summed E-state index contributed by atoms with van der Waals surface area (Å²) in [5.41, 5.74) is 2.34. The quantitative estimate of drug-likeness (QED) is 0.790. The highest BCUT2D eigenvalue weighted by atomic mass is 35.5. The second-order valence-electron chi connectivity index (χ2n) is 5.72. The van der Waals surface area contributed by atoms with Crippen LogP contribution in [0.25, 0.3) is 11.3 Å². The van der Waals surface area contributed by atoms with Gasteiger partial charge >= 0.3 is 0 Å². The summed E-state index contributed by atoms with van der Waals surface area (Å²) in [5, 5.41) is 21.6. The van der Waals surface area contributed by atoms with Gasteiger partial charge in [-0.25, -0.2) is 0 Å². The fourth-order valence-corrected chi connectivity index (χ4v) is 2.89. The van der Waals surface area contributed by atoms with Crippen LogP contribution in [0.2, 0.25) is 5.02 Å². The normalized spacial score (nSPS) is 17.5. The Morgan fingerprint density at radius 3 is 2.95 bits per heavy atom. The highest BCUT2D eigenvalue weighted by Gasteiger charge is 2.29. The number of H-pyrrole nitrogens is 1. The Balaban J connectivity index is 1.63. The number of benzene rings is 1. The van der Waals surface area contributed by atoms with E-state index in [1.165, 1.54) is 0 Å². The van der Waals surface area contributed by atoms with E-state index < -0.39 is 5.60 Å². The minimum absolute atomic E-state index is 0.552. The molecule has 3 N–H and O–H groups in total. The third-order valence-electron chi connectivity index (χ3n) is 4.02. The summed E-state index contributed by atoms with van der Waals surface area (Å²) in [5.74, 6) is 0. The second kappa shape index (κ2) is 6.79. The first-order chi connectivity index (χ1) is 10.7. The summed E-state index contributed by atoms with van der Waals surface area (Å²) in [4.78, 5) is 0. The first-order valence-electron chi connectivity index (χ1n) is 7.45. The highest BCUT2D eigenvalue weighted by molar-refractivity contribution is 6.30. The molecule has 0 spiro atoms. The molecule has 0 radical (unpaired) electrons. The zero-order valence-corrected chi connectivity index (χ0v) is 13.1. The van der Waals surface area contributed by atoms with Crippen molar-refractivity contribution >= 4 is 11.6 Å². The molecule has 1 fully saturated rings. The van der Waals surface area contributed by atoms with Crippen LogP contribution in [0.4, 0.5) is 0 Å². The Labute approximate surface area is 134 Å². The molecule has 6 heteroatoms. The molecule has 1 saturated heterocycles. The predicted octanol–water partition coefficient (Wildman–Crippen LogP) is 2.36. The summed E-state index contributed by atoms with van der Waals surface area (Å²) in [6.45, 7) is 2.44. The number of rotatable bonds is 5. The van der Waals surface area contributed by atoms with Crippen molar-refractivity contribution < 1.29 is 9.84 Å². The van der Waals surface area contributed by atoms with E-state index in [1.54, 1.807) is 6.20 Å². The minimum Gasteiger partial charge on any atom is -0.388 e. The van der Waals surface area contributed by atoms with Crippen LogP contribution in [0.1, 0.15) is 18.4 Å². The van der Waals surface area contributed by atoms with Crippen LogP contribution in [0.3, 0.4) is 0 Å². The summed E-state index contributed by atoms with van der Waals surface area (Å²) in [7, 11) is 0. The Morgan fingerprint density at radius 2 is 2.18 bits per heavy atom. The maximum Gasteiger partial charge on any atom is 0.0815 e. The van der Waals surface area contributed by atoms with Crippen LogP contribution >= 0.6 is 11.6 Å². The van der Waals surface area contributed by atoms with Gasteiger partial charge in [0.15, 0.2) is 0 Å². The van der Waals surface area contributed by atoms with Crippen molar-refractivity contribution in [1.82, 2.24) is 15.5 Å². The van der Waals surface area contributed by atoms with E-state index in [2.05, 4.69) is 15.5 Å². The maximum atomic E-state index is 10.4. The van der Waals surface area contributed by atoms with Gasteiger partial charge in [-0.15, -0.1) is 0 Å². The predicted molar refractivity (Wildman–Crippen MR) is 85.7 cm³/mol. The summed E-state index contributed by atoms with van der Waals surface area (Å²) in [6, 6.07) is 7.67. The lowest BCUT2D eigenvalue weighted by molar-refractivity contribution is -0.0616. The molecule has 2 aromatic rings. The van der Waals surface area contributed by atoms with E-state index in [-0.39, 0.29) is 0 Å². The van der Waals surface area contributed by atoms with Gasteiger partial charge in [-0.3, -0.25) is 5.10 Å². The van der Waals surface area contributed by atoms with Crippen LogP contribution in [0, 0.1) is 0 Å². The molecule has 0 saturated carbocycles. The van der Waals surface area contributed by atoms with Gasteiger partial charge in [0.05, 0.1) is 17.5 Å². The third kappa shape index (κ3) is 3.67. The van der Waals surface area contributed by atoms with Crippen LogP contribution in [-0.2, 0) is 11.3 Å². The van der Waals surface area contributed by atoms with Crippen molar-refractivity contribution in [3.63, 3.8) is 0 Å². The largest absolute Gasteiger partial charge is 0.388 e. The van der Waals surface area contributed by atoms with E-state index >= 15 is 0 Å². The molecule has 1 aromatic heterocycles. The average Bonchev–Trinajstić information content (AvgIpc) is 2.96. The molecular formula is C16H20ClN3O2. The number of nitrogens with one attached hydrogen (secondary N) is 2. The van der Waals surface area contributed by atoms with Crippen molar-refractivity contribution in [2.75, 3.05) is 19.8 Å². The number of ether oxygens (including phenoxy) is 1. The van der Waals surface area contributed by atoms with Crippen LogP contribution < -0.4 is 5.32 Å². The lowest BCUT2D eigenvalue weighted by Crippen LogP contribution is -2.44. The van der Waals surface area contributed by atoms with Gasteiger partial charge in [0.1, 0.15) is 0 Å². The van der Waals surface area contributed by atoms with Gasteiger partial charge in [0.25, 0.3) is 0 Å². The molecule has 3 rings (SSSR count). The molecule has 0 amide bonds. The summed E-state index contributed by atoms with van der Waals surface area (Å²) in [6.07, 6.45) is 3.15. The van der Waals surface area contributed by atoms with Gasteiger partial charge in [0, 0.05) is 55.3 Å². The van der Waals surface area contributed by atoms with Gasteiger partial charge in [-0.05, 0) is 12.1 Å². The van der Waals surface area contributed by atoms with Gasteiger partial charge < -0.3 is 15.2 Å². The van der Waals surface area contributed by atoms with Crippen LogP contribution in [-0.4, -0.2) is 40.7 Å². The molecule has 22 heavy (non-hydrogen) atoms. The number of aromatic amines is 1. The molecule has 2 heterocycles. The zero-order valence-electron chi connectivity index (χ0n) is 12.3. The molecule has 1 aliphatic rings. The monoisotopic (exact) mass is 321 g/mol. The molecule has 1 aromatic carbocycles. The first-order valence-corrected chi connectivity index (χ1v) is 7.83. The first kappa shape index (κ1) is 15.5. The van der Waals surface area contributed by atoms with Crippen molar-refractivity contribution in [2.45, 2.75) is 25.0 Å². The molecular weight excluding hydrogens is 302 g/mol. The van der Waals surface area contributed by atoms with E-state index in [0.29, 0.717) is 44.2 Å². The molecule has 0 bridgehead atoms. The van der Waals surface area contributed by atoms with Crippen molar-refractivity contribution in [3.05, 3.63) is 41.0 Å². The third-order valence-corrected chi connectivity index (χ3v) is 4.26. The SMILES string of the molecule is OC1(CNCc2cn[nH]c2-c2cccc(Cl)c2)CCOCC1. The summed E-state index contributed by atoms with van der Waals surface area (Å²) >= 11 is 6.04. The lowest BCUT2D eigenvalue weighted by Gasteiger charge is -2.32. The maximum absolute atomic E-state index is 10.4. The second-order valence-corrected chi connectivity index (χ2v) is 6.16. The van der Waals surface area contributed by atoms with Crippen molar-refractivity contribution in [3.8, 4) is 11.3 Å². The Kier molecular flexibility index (Phi) is 4.78. The number of hydrogen-bond acceptors (Lipinski definition) is 4. The number of aromatic nitrogens is 2. The van der Waals surface area contributed by atoms with E-state index in [0.717, 1.165) is 16.8 Å². The van der Waals surface area contributed by atoms with Crippen LogP contribution in [0.5, 0.6) is 0 Å². The number of halogens is 1. The van der Waals surface area contributed by atoms with Gasteiger partial charge in [-0.2, -0.15) is 5.10 Å². The van der Waals surface area contributed by atoms with Gasteiger partial charge in [0.2, 0.25) is 0 Å². The standard InChI is InChI=1S/C16H20ClN3O2/c17-14-3-1-2-12(8-14)15-13(10-19-20-15)9-18-11-16(21)4-6-22-7-5-16/h1-3,8,10,18,21H,4-7,9,11H2,(H,19,20). The molecule has 0 unspecified atom stereocenters. The molecule has 118 valence electrons. The zero-order chi connectivity index (χ0) is 15.4. The molecule has 0 aliphatic carbocycles. The van der Waals surface area contributed by atoms with E-state index in [1.807, 2.05) is 24.3 Å². The summed E-state index contributed by atoms with van der Waals surface area (Å²) < 4.78 is 5.29. The topological polar surface area (TPSA) is 70.2 Å². The Bertz CT molecular complexity index is 623. The fraction of sp³-hybridized carbons (Fsp3) is 0.438. The number of hydrogen-bond donors (Lipinski definition) is 3. The fourth-order valence-electron chi connectivity index (χ4n) is 2.70. The minimum atomic E-state index is -0.668. The van der Waals surface area contributed by atoms with E-state index in [9.17, 15) is 5.11 Å². The van der Waals surface area contributed by atoms with Gasteiger partial charge in [-0.1, -0.05) is 23.7 Å². The number of nitrogens with zero attached hydrogens (tertiary/aromatic N) is 1. The number of aliphatic hydroxyl groups is 1. The highest BCUT2D eigenvalue weighted by Crippen LogP contribution is 2.24. The molecule has 5 nitrogen and oxygen atoms in total. The molecule has 0 atom stereocenters. The average molecular weight is 322 g/mol. The molecule has 1 aliphatic heterocycles. The van der Waals surface area contributed by atoms with Crippen LogP contribution in [0.15, 0.2) is 30.5 Å². The Hall–Kier alpha value is -1.40. The smallest absolute Gasteiger partial charge is 0.0815 e. The van der Waals surface area contributed by atoms with E-state index in [4.69, 9.17) is 16.3 Å². The van der Waals surface area contributed by atoms with Crippen molar-refractivity contribution in [2.24, 2.45) is 0 Å². The Morgan fingerprint density at radius 1 is 1.36 bits per heavy atom. The lowest BCUT2D eigenvalue weighted by atomic mass is 9.94. The van der Waals surface area contributed by atoms with Crippen molar-refractivity contribution in [1.29, 1.82) is 0 Å².